The number of ether oxygens (including phenoxy) is 2. The SMILES string of the molecule is Nc1nc2c(nc(Br)n2COC(CO)COc2ccccc2)c(=O)[nH]1. The number of nitrogen functional groups attached to an aromatic ring is 1. The monoisotopic (exact) mass is 409 g/mol. The van der Waals surface area contributed by atoms with Crippen LogP contribution in [-0.2, 0) is 11.5 Å². The normalized spacial score (nSPS) is 12.4. The highest BCUT2D eigenvalue weighted by Crippen LogP contribution is 2.17. The van der Waals surface area contributed by atoms with E-state index in [0.29, 0.717) is 10.5 Å². The van der Waals surface area contributed by atoms with Crippen LogP contribution in [0.4, 0.5) is 5.95 Å². The molecule has 1 unspecified atom stereocenters. The standard InChI is InChI=1S/C15H16BrN5O4/c16-14-18-11-12(19-15(17)20-13(11)23)21(14)8-25-10(6-22)7-24-9-4-2-1-3-5-9/h1-5,10,22H,6-8H2,(H3,17,19,20,23). The fourth-order valence-electron chi connectivity index (χ4n) is 2.15. The van der Waals surface area contributed by atoms with Gasteiger partial charge in [-0.2, -0.15) is 4.98 Å². The van der Waals surface area contributed by atoms with E-state index in [1.807, 2.05) is 30.3 Å². The Morgan fingerprint density at radius 2 is 2.08 bits per heavy atom. The van der Waals surface area contributed by atoms with Crippen LogP contribution in [0, 0.1) is 0 Å². The molecule has 0 aliphatic rings. The van der Waals surface area contributed by atoms with Crippen LogP contribution in [0.15, 0.2) is 39.9 Å². The first-order valence-corrected chi connectivity index (χ1v) is 8.19. The highest BCUT2D eigenvalue weighted by Gasteiger charge is 2.16. The average Bonchev–Trinajstić information content (AvgIpc) is 2.92. The number of anilines is 1. The van der Waals surface area contributed by atoms with Crippen molar-refractivity contribution in [3.05, 3.63) is 45.4 Å². The molecule has 0 bridgehead atoms. The number of nitrogens with one attached hydrogen (secondary N) is 1. The number of aliphatic hydroxyl groups excluding tert-OH is 1. The van der Waals surface area contributed by atoms with Gasteiger partial charge >= 0.3 is 0 Å². The van der Waals surface area contributed by atoms with Gasteiger partial charge in [-0.15, -0.1) is 0 Å². The number of nitrogens with zero attached hydrogens (tertiary/aromatic N) is 3. The van der Waals surface area contributed by atoms with Crippen molar-refractivity contribution in [3.63, 3.8) is 0 Å². The number of para-hydroxylation sites is 1. The first kappa shape index (κ1) is 17.4. The van der Waals surface area contributed by atoms with Crippen molar-refractivity contribution in [1.29, 1.82) is 0 Å². The summed E-state index contributed by atoms with van der Waals surface area (Å²) in [4.78, 5) is 22.4. The van der Waals surface area contributed by atoms with Crippen LogP contribution < -0.4 is 16.0 Å². The van der Waals surface area contributed by atoms with E-state index in [1.54, 1.807) is 0 Å². The predicted molar refractivity (Wildman–Crippen MR) is 94.2 cm³/mol. The second-order valence-electron chi connectivity index (χ2n) is 5.16. The van der Waals surface area contributed by atoms with Gasteiger partial charge in [0.15, 0.2) is 15.9 Å². The van der Waals surface area contributed by atoms with Crippen LogP contribution in [0.25, 0.3) is 11.2 Å². The lowest BCUT2D eigenvalue weighted by molar-refractivity contribution is -0.0444. The molecule has 1 aromatic carbocycles. The molecule has 2 heterocycles. The number of imidazole rings is 1. The summed E-state index contributed by atoms with van der Waals surface area (Å²) < 4.78 is 13.1. The van der Waals surface area contributed by atoms with Crippen LogP contribution in [0.3, 0.4) is 0 Å². The fourth-order valence-corrected chi connectivity index (χ4v) is 2.60. The van der Waals surface area contributed by atoms with Gasteiger partial charge in [-0.3, -0.25) is 14.3 Å². The first-order valence-electron chi connectivity index (χ1n) is 7.40. The summed E-state index contributed by atoms with van der Waals surface area (Å²) in [6.07, 6.45) is -0.566. The molecular formula is C15H16BrN5O4. The highest BCUT2D eigenvalue weighted by molar-refractivity contribution is 9.10. The van der Waals surface area contributed by atoms with Crippen molar-refractivity contribution < 1.29 is 14.6 Å². The predicted octanol–water partition coefficient (Wildman–Crippen LogP) is 0.878. The van der Waals surface area contributed by atoms with Gasteiger partial charge in [0.2, 0.25) is 5.95 Å². The van der Waals surface area contributed by atoms with Gasteiger partial charge in [-0.1, -0.05) is 18.2 Å². The number of hydrogen-bond donors (Lipinski definition) is 3. The summed E-state index contributed by atoms with van der Waals surface area (Å²) in [6, 6.07) is 9.22. The molecule has 0 saturated carbocycles. The lowest BCUT2D eigenvalue weighted by Gasteiger charge is -2.17. The molecule has 0 radical (unpaired) electrons. The molecule has 3 rings (SSSR count). The van der Waals surface area contributed by atoms with Crippen LogP contribution in [-0.4, -0.2) is 43.9 Å². The molecule has 0 spiro atoms. The second kappa shape index (κ2) is 7.64. The Morgan fingerprint density at radius 1 is 1.32 bits per heavy atom. The quantitative estimate of drug-likeness (QED) is 0.493. The minimum Gasteiger partial charge on any atom is -0.491 e. The number of aromatic nitrogens is 4. The highest BCUT2D eigenvalue weighted by atomic mass is 79.9. The van der Waals surface area contributed by atoms with Crippen molar-refractivity contribution >= 4 is 33.0 Å². The number of aliphatic hydroxyl groups is 1. The van der Waals surface area contributed by atoms with Gasteiger partial charge in [-0.25, -0.2) is 4.98 Å². The molecular weight excluding hydrogens is 394 g/mol. The molecule has 3 aromatic rings. The topological polar surface area (TPSA) is 128 Å². The van der Waals surface area contributed by atoms with E-state index in [4.69, 9.17) is 15.2 Å². The number of hydrogen-bond acceptors (Lipinski definition) is 7. The Bertz CT molecular complexity index is 911. The van der Waals surface area contributed by atoms with Gasteiger partial charge in [-0.05, 0) is 28.1 Å². The maximum Gasteiger partial charge on any atom is 0.280 e. The van der Waals surface area contributed by atoms with E-state index in [-0.39, 0.29) is 37.1 Å². The lowest BCUT2D eigenvalue weighted by atomic mass is 10.3. The number of fused-ring (bicyclic) bond motifs is 1. The molecule has 25 heavy (non-hydrogen) atoms. The van der Waals surface area contributed by atoms with Crippen LogP contribution in [0.5, 0.6) is 5.75 Å². The number of halogens is 1. The maximum absolute atomic E-state index is 11.8. The molecule has 0 saturated heterocycles. The lowest BCUT2D eigenvalue weighted by Crippen LogP contribution is -2.27. The minimum atomic E-state index is -0.566. The van der Waals surface area contributed by atoms with Crippen molar-refractivity contribution in [3.8, 4) is 5.75 Å². The van der Waals surface area contributed by atoms with Crippen molar-refractivity contribution in [1.82, 2.24) is 19.5 Å². The Hall–Kier alpha value is -2.43. The average molecular weight is 410 g/mol. The van der Waals surface area contributed by atoms with Crippen LogP contribution in [0.1, 0.15) is 0 Å². The summed E-state index contributed by atoms with van der Waals surface area (Å²) in [7, 11) is 0. The maximum atomic E-state index is 11.8. The molecule has 1 atom stereocenters. The van der Waals surface area contributed by atoms with Crippen molar-refractivity contribution in [2.24, 2.45) is 0 Å². The van der Waals surface area contributed by atoms with Gasteiger partial charge in [0.05, 0.1) is 6.61 Å². The summed E-state index contributed by atoms with van der Waals surface area (Å²) >= 11 is 3.26. The number of aromatic amines is 1. The molecule has 4 N–H and O–H groups in total. The first-order chi connectivity index (χ1) is 12.1. The zero-order chi connectivity index (χ0) is 17.8. The molecule has 0 aliphatic heterocycles. The third kappa shape index (κ3) is 3.98. The van der Waals surface area contributed by atoms with Crippen LogP contribution >= 0.6 is 15.9 Å². The number of benzene rings is 1. The summed E-state index contributed by atoms with van der Waals surface area (Å²) in [5.41, 5.74) is 5.57. The van der Waals surface area contributed by atoms with E-state index in [2.05, 4.69) is 30.9 Å². The molecule has 132 valence electrons. The zero-order valence-corrected chi connectivity index (χ0v) is 14.6. The molecule has 0 aliphatic carbocycles. The van der Waals surface area contributed by atoms with Gasteiger partial charge in [0.1, 0.15) is 25.2 Å². The third-order valence-corrected chi connectivity index (χ3v) is 4.00. The van der Waals surface area contributed by atoms with Crippen molar-refractivity contribution in [2.75, 3.05) is 18.9 Å². The Kier molecular flexibility index (Phi) is 5.31. The zero-order valence-electron chi connectivity index (χ0n) is 13.1. The molecule has 2 aromatic heterocycles. The van der Waals surface area contributed by atoms with Gasteiger partial charge < -0.3 is 20.3 Å². The van der Waals surface area contributed by atoms with E-state index >= 15 is 0 Å². The van der Waals surface area contributed by atoms with E-state index in [1.165, 1.54) is 4.57 Å². The summed E-state index contributed by atoms with van der Waals surface area (Å²) in [5, 5.41) is 9.47. The summed E-state index contributed by atoms with van der Waals surface area (Å²) in [5.74, 6) is 0.664. The second-order valence-corrected chi connectivity index (χ2v) is 5.87. The largest absolute Gasteiger partial charge is 0.491 e. The van der Waals surface area contributed by atoms with E-state index in [0.717, 1.165) is 0 Å². The number of rotatable bonds is 7. The third-order valence-electron chi connectivity index (χ3n) is 3.40. The van der Waals surface area contributed by atoms with E-state index < -0.39 is 11.7 Å². The molecule has 0 amide bonds. The molecule has 0 fully saturated rings. The Morgan fingerprint density at radius 3 is 2.80 bits per heavy atom. The number of nitrogens with two attached hydrogens (primary N) is 1. The van der Waals surface area contributed by atoms with Crippen LogP contribution in [0.2, 0.25) is 0 Å². The van der Waals surface area contributed by atoms with Gasteiger partial charge in [0.25, 0.3) is 5.56 Å². The molecule has 10 heteroatoms. The fraction of sp³-hybridized carbons (Fsp3) is 0.267. The Balaban J connectivity index is 1.70. The smallest absolute Gasteiger partial charge is 0.280 e. The minimum absolute atomic E-state index is 0.0103. The van der Waals surface area contributed by atoms with E-state index in [9.17, 15) is 9.90 Å². The Labute approximate surface area is 150 Å². The summed E-state index contributed by atoms with van der Waals surface area (Å²) in [6.45, 7) is -0.0511. The van der Waals surface area contributed by atoms with Crippen molar-refractivity contribution in [2.45, 2.75) is 12.8 Å². The number of H-pyrrole nitrogens is 1. The molecule has 9 nitrogen and oxygen atoms in total. The van der Waals surface area contributed by atoms with Gasteiger partial charge in [0, 0.05) is 0 Å².